The Morgan fingerprint density at radius 3 is 2.69 bits per heavy atom. The van der Waals surface area contributed by atoms with Crippen molar-refractivity contribution < 1.29 is 5.11 Å². The molecule has 1 aromatic heterocycles. The van der Waals surface area contributed by atoms with Gasteiger partial charge in [0.1, 0.15) is 0 Å². The van der Waals surface area contributed by atoms with Crippen LogP contribution < -0.4 is 5.11 Å². The van der Waals surface area contributed by atoms with Crippen molar-refractivity contribution in [3.8, 4) is 0 Å². The highest BCUT2D eigenvalue weighted by Gasteiger charge is 2.00. The van der Waals surface area contributed by atoms with Gasteiger partial charge in [-0.1, -0.05) is 23.1 Å². The van der Waals surface area contributed by atoms with Gasteiger partial charge in [-0.2, -0.15) is 0 Å². The molecule has 1 heterocycles. The Morgan fingerprint density at radius 1 is 1.54 bits per heavy atom. The van der Waals surface area contributed by atoms with E-state index in [4.69, 9.17) is 0 Å². The third-order valence-corrected chi connectivity index (χ3v) is 2.94. The van der Waals surface area contributed by atoms with Gasteiger partial charge in [-0.25, -0.2) is 4.99 Å². The van der Waals surface area contributed by atoms with E-state index in [2.05, 4.69) is 15.2 Å². The Morgan fingerprint density at radius 2 is 2.23 bits per heavy atom. The molecule has 0 aliphatic heterocycles. The van der Waals surface area contributed by atoms with Gasteiger partial charge in [-0.3, -0.25) is 0 Å². The van der Waals surface area contributed by atoms with Crippen LogP contribution in [-0.4, -0.2) is 41.5 Å². The highest BCUT2D eigenvalue weighted by Crippen LogP contribution is 2.25. The Balaban J connectivity index is 2.79. The van der Waals surface area contributed by atoms with Crippen molar-refractivity contribution in [2.24, 2.45) is 4.99 Å². The summed E-state index contributed by atoms with van der Waals surface area (Å²) in [6, 6.07) is -0.316. The normalized spacial score (nSPS) is 11.8. The number of nitrogens with zero attached hydrogens (tertiary/aromatic N) is 4. The molecule has 0 aliphatic rings. The Hall–Kier alpha value is -0.820. The lowest BCUT2D eigenvalue weighted by molar-refractivity contribution is -0.231. The minimum Gasteiger partial charge on any atom is -0.846 e. The summed E-state index contributed by atoms with van der Waals surface area (Å²) in [5.41, 5.74) is 0. The van der Waals surface area contributed by atoms with Gasteiger partial charge in [0.25, 0.3) is 0 Å². The lowest BCUT2D eigenvalue weighted by atomic mass is 10.9. The number of rotatable bonds is 2. The number of hydrogen-bond acceptors (Lipinski definition) is 6. The third kappa shape index (κ3) is 2.85. The molecule has 0 radical (unpaired) electrons. The first-order valence-electron chi connectivity index (χ1n) is 3.44. The zero-order chi connectivity index (χ0) is 9.84. The molecule has 72 valence electrons. The first-order valence-corrected chi connectivity index (χ1v) is 5.48. The predicted molar refractivity (Wildman–Crippen MR) is 52.5 cm³/mol. The highest BCUT2D eigenvalue weighted by atomic mass is 32.2. The van der Waals surface area contributed by atoms with Crippen molar-refractivity contribution in [3.05, 3.63) is 0 Å². The maximum Gasteiger partial charge on any atom is 0.233 e. The molecule has 0 unspecified atom stereocenters. The van der Waals surface area contributed by atoms with E-state index in [1.54, 1.807) is 14.1 Å². The Bertz CT molecular complexity index is 309. The predicted octanol–water partition coefficient (Wildman–Crippen LogP) is 0.169. The van der Waals surface area contributed by atoms with E-state index in [0.29, 0.717) is 5.13 Å². The van der Waals surface area contributed by atoms with Gasteiger partial charge in [-0.15, -0.1) is 10.2 Å². The SMILES string of the molecule is CSc1nnc(N=C([O-])N(C)C)s1. The van der Waals surface area contributed by atoms with E-state index < -0.39 is 0 Å². The van der Waals surface area contributed by atoms with Crippen LogP contribution in [0.5, 0.6) is 0 Å². The van der Waals surface area contributed by atoms with Crippen LogP contribution in [0.15, 0.2) is 9.33 Å². The monoisotopic (exact) mass is 217 g/mol. The second-order valence-electron chi connectivity index (χ2n) is 2.34. The van der Waals surface area contributed by atoms with Crippen molar-refractivity contribution in [2.45, 2.75) is 4.34 Å². The van der Waals surface area contributed by atoms with E-state index in [1.807, 2.05) is 6.26 Å². The zero-order valence-corrected chi connectivity index (χ0v) is 9.15. The molecule has 0 fully saturated rings. The van der Waals surface area contributed by atoms with Crippen LogP contribution >= 0.6 is 23.1 Å². The maximum absolute atomic E-state index is 11.1. The van der Waals surface area contributed by atoms with Crippen LogP contribution in [0.1, 0.15) is 0 Å². The van der Waals surface area contributed by atoms with Crippen LogP contribution in [0.25, 0.3) is 0 Å². The van der Waals surface area contributed by atoms with Crippen molar-refractivity contribution in [1.29, 1.82) is 0 Å². The van der Waals surface area contributed by atoms with Crippen LogP contribution in [0, 0.1) is 0 Å². The first kappa shape index (κ1) is 10.3. The molecule has 0 amide bonds. The molecular formula is C6H9N4OS2-. The third-order valence-electron chi connectivity index (χ3n) is 1.14. The van der Waals surface area contributed by atoms with Gasteiger partial charge < -0.3 is 10.0 Å². The minimum absolute atomic E-state index is 0.316. The topological polar surface area (TPSA) is 64.4 Å². The van der Waals surface area contributed by atoms with E-state index in [0.717, 1.165) is 4.34 Å². The van der Waals surface area contributed by atoms with E-state index in [-0.39, 0.29) is 6.02 Å². The molecule has 7 heteroatoms. The molecule has 5 nitrogen and oxygen atoms in total. The number of hydrogen-bond donors (Lipinski definition) is 0. The molecule has 0 aliphatic carbocycles. The van der Waals surface area contributed by atoms with Crippen molar-refractivity contribution in [3.63, 3.8) is 0 Å². The molecule has 0 atom stereocenters. The summed E-state index contributed by atoms with van der Waals surface area (Å²) in [6.45, 7) is 0. The molecule has 0 N–H and O–H groups in total. The lowest BCUT2D eigenvalue weighted by Crippen LogP contribution is -2.33. The number of aliphatic imine (C=N–C) groups is 1. The van der Waals surface area contributed by atoms with Crippen LogP contribution in [-0.2, 0) is 0 Å². The summed E-state index contributed by atoms with van der Waals surface area (Å²) in [4.78, 5) is 5.13. The fourth-order valence-corrected chi connectivity index (χ4v) is 1.63. The summed E-state index contributed by atoms with van der Waals surface area (Å²) in [6.07, 6.45) is 1.90. The molecule has 0 spiro atoms. The van der Waals surface area contributed by atoms with E-state index in [1.165, 1.54) is 28.0 Å². The number of thioether (sulfide) groups is 1. The molecule has 0 aromatic carbocycles. The second kappa shape index (κ2) is 4.43. The van der Waals surface area contributed by atoms with Gasteiger partial charge >= 0.3 is 0 Å². The van der Waals surface area contributed by atoms with Crippen LogP contribution in [0.3, 0.4) is 0 Å². The van der Waals surface area contributed by atoms with Crippen LogP contribution in [0.2, 0.25) is 0 Å². The number of amidine groups is 1. The molecule has 0 saturated carbocycles. The molecular weight excluding hydrogens is 208 g/mol. The van der Waals surface area contributed by atoms with Gasteiger partial charge in [0.2, 0.25) is 5.13 Å². The second-order valence-corrected chi connectivity index (χ2v) is 4.35. The summed E-state index contributed by atoms with van der Waals surface area (Å²) in [7, 11) is 3.28. The van der Waals surface area contributed by atoms with Gasteiger partial charge in [0.05, 0.1) is 6.02 Å². The smallest absolute Gasteiger partial charge is 0.233 e. The number of aromatic nitrogens is 2. The van der Waals surface area contributed by atoms with E-state index >= 15 is 0 Å². The quantitative estimate of drug-likeness (QED) is 0.401. The molecule has 13 heavy (non-hydrogen) atoms. The fraction of sp³-hybridized carbons (Fsp3) is 0.500. The minimum atomic E-state index is -0.316. The average Bonchev–Trinajstić information content (AvgIpc) is 2.52. The summed E-state index contributed by atoms with van der Waals surface area (Å²) >= 11 is 2.79. The molecule has 0 saturated heterocycles. The highest BCUT2D eigenvalue weighted by molar-refractivity contribution is 8.00. The molecule has 0 bridgehead atoms. The lowest BCUT2D eigenvalue weighted by Gasteiger charge is -2.18. The van der Waals surface area contributed by atoms with Crippen molar-refractivity contribution in [2.75, 3.05) is 20.4 Å². The summed E-state index contributed by atoms with van der Waals surface area (Å²) in [5.74, 6) is 0. The average molecular weight is 217 g/mol. The fourth-order valence-electron chi connectivity index (χ4n) is 0.512. The summed E-state index contributed by atoms with van der Waals surface area (Å²) < 4.78 is 0.810. The maximum atomic E-state index is 11.1. The Kier molecular flexibility index (Phi) is 3.49. The first-order chi connectivity index (χ1) is 6.13. The van der Waals surface area contributed by atoms with Crippen molar-refractivity contribution >= 4 is 34.3 Å². The standard InChI is InChI=1S/C6H10N4OS2/c1-10(2)5(11)7-4-8-9-6(12-3)13-4/h1-3H3,(H,7,8,11)/p-1. The summed E-state index contributed by atoms with van der Waals surface area (Å²) in [5, 5.41) is 19.1. The van der Waals surface area contributed by atoms with Crippen molar-refractivity contribution in [1.82, 2.24) is 15.1 Å². The van der Waals surface area contributed by atoms with Gasteiger partial charge in [0.15, 0.2) is 4.34 Å². The zero-order valence-electron chi connectivity index (χ0n) is 7.51. The van der Waals surface area contributed by atoms with E-state index in [9.17, 15) is 5.11 Å². The molecule has 1 aromatic rings. The Labute approximate surface area is 84.5 Å². The van der Waals surface area contributed by atoms with Gasteiger partial charge in [0, 0.05) is 14.1 Å². The largest absolute Gasteiger partial charge is 0.846 e. The van der Waals surface area contributed by atoms with Gasteiger partial charge in [-0.05, 0) is 6.26 Å². The van der Waals surface area contributed by atoms with Crippen LogP contribution in [0.4, 0.5) is 5.13 Å². The molecule has 1 rings (SSSR count).